The molecule has 1 aromatic heterocycles. The van der Waals surface area contributed by atoms with Gasteiger partial charge in [-0.2, -0.15) is 0 Å². The Morgan fingerprint density at radius 3 is 2.78 bits per heavy atom. The Kier molecular flexibility index (Phi) is 2.08. The second kappa shape index (κ2) is 2.85. The number of nitrogens with zero attached hydrogens (tertiary/aromatic N) is 1. The summed E-state index contributed by atoms with van der Waals surface area (Å²) in [6.45, 7) is -0.00590. The predicted molar refractivity (Wildman–Crippen MR) is 37.4 cm³/mol. The first-order valence-electron chi connectivity index (χ1n) is 2.57. The molecule has 0 fully saturated rings. The summed E-state index contributed by atoms with van der Waals surface area (Å²) in [7, 11) is 0. The van der Waals surface area contributed by atoms with E-state index in [0.717, 1.165) is 4.90 Å². The number of thiol groups is 1. The van der Waals surface area contributed by atoms with E-state index >= 15 is 0 Å². The molecule has 0 atom stereocenters. The third kappa shape index (κ3) is 1.69. The molecule has 0 saturated heterocycles. The average Bonchev–Trinajstić information content (AvgIpc) is 1.90. The van der Waals surface area contributed by atoms with Crippen LogP contribution in [0.1, 0.15) is 5.69 Å². The van der Waals surface area contributed by atoms with Crippen LogP contribution in [-0.2, 0) is 6.61 Å². The van der Waals surface area contributed by atoms with Crippen LogP contribution in [0.4, 0.5) is 0 Å². The Labute approximate surface area is 59.0 Å². The van der Waals surface area contributed by atoms with Gasteiger partial charge in [0.05, 0.1) is 12.3 Å². The first kappa shape index (κ1) is 6.58. The van der Waals surface area contributed by atoms with Gasteiger partial charge >= 0.3 is 0 Å². The van der Waals surface area contributed by atoms with Gasteiger partial charge in [0.15, 0.2) is 0 Å². The molecule has 48 valence electrons. The van der Waals surface area contributed by atoms with Crippen LogP contribution in [0.5, 0.6) is 0 Å². The maximum atomic E-state index is 8.54. The number of rotatable bonds is 1. The zero-order chi connectivity index (χ0) is 6.69. The fraction of sp³-hybridized carbons (Fsp3) is 0.167. The predicted octanol–water partition coefficient (Wildman–Crippen LogP) is 0.863. The van der Waals surface area contributed by atoms with Crippen LogP contribution in [0.15, 0.2) is 23.2 Å². The third-order valence-corrected chi connectivity index (χ3v) is 1.24. The highest BCUT2D eigenvalue weighted by Gasteiger charge is 1.88. The van der Waals surface area contributed by atoms with Gasteiger partial charge < -0.3 is 5.11 Å². The van der Waals surface area contributed by atoms with Crippen LogP contribution < -0.4 is 0 Å². The summed E-state index contributed by atoms with van der Waals surface area (Å²) in [5.41, 5.74) is 0.674. The SMILES string of the molecule is OCc1ccc(S)cn1. The van der Waals surface area contributed by atoms with Crippen LogP contribution in [0.3, 0.4) is 0 Å². The van der Waals surface area contributed by atoms with Crippen molar-refractivity contribution in [1.82, 2.24) is 4.98 Å². The standard InChI is InChI=1S/C6H7NOS/c8-4-5-1-2-6(9)3-7-5/h1-3,8-9H,4H2. The molecule has 1 rings (SSSR count). The first-order valence-corrected chi connectivity index (χ1v) is 3.02. The fourth-order valence-corrected chi connectivity index (χ4v) is 0.642. The third-order valence-electron chi connectivity index (χ3n) is 0.971. The van der Waals surface area contributed by atoms with E-state index in [1.165, 1.54) is 0 Å². The van der Waals surface area contributed by atoms with Crippen molar-refractivity contribution in [3.05, 3.63) is 24.0 Å². The summed E-state index contributed by atoms with van der Waals surface area (Å²) < 4.78 is 0. The molecule has 0 aliphatic heterocycles. The molecule has 3 heteroatoms. The van der Waals surface area contributed by atoms with E-state index < -0.39 is 0 Å². The normalized spacial score (nSPS) is 9.56. The van der Waals surface area contributed by atoms with E-state index in [4.69, 9.17) is 5.11 Å². The molecule has 0 spiro atoms. The quantitative estimate of drug-likeness (QED) is 0.569. The number of aromatic nitrogens is 1. The number of aliphatic hydroxyl groups excluding tert-OH is 1. The summed E-state index contributed by atoms with van der Waals surface area (Å²) in [5, 5.41) is 8.54. The van der Waals surface area contributed by atoms with Crippen LogP contribution in [0, 0.1) is 0 Å². The largest absolute Gasteiger partial charge is 0.390 e. The minimum absolute atomic E-state index is 0.00590. The fourth-order valence-electron chi connectivity index (χ4n) is 0.510. The van der Waals surface area contributed by atoms with E-state index in [-0.39, 0.29) is 6.61 Å². The van der Waals surface area contributed by atoms with Crippen molar-refractivity contribution in [2.75, 3.05) is 0 Å². The van der Waals surface area contributed by atoms with Gasteiger partial charge in [0.1, 0.15) is 0 Å². The molecule has 9 heavy (non-hydrogen) atoms. The molecule has 0 amide bonds. The van der Waals surface area contributed by atoms with Gasteiger partial charge in [-0.1, -0.05) is 0 Å². The summed E-state index contributed by atoms with van der Waals surface area (Å²) in [5.74, 6) is 0. The Morgan fingerprint density at radius 2 is 2.33 bits per heavy atom. The summed E-state index contributed by atoms with van der Waals surface area (Å²) >= 11 is 4.03. The topological polar surface area (TPSA) is 33.1 Å². The molecule has 0 aromatic carbocycles. The van der Waals surface area contributed by atoms with Crippen molar-refractivity contribution in [1.29, 1.82) is 0 Å². The van der Waals surface area contributed by atoms with Gasteiger partial charge in [-0.15, -0.1) is 12.6 Å². The van der Waals surface area contributed by atoms with Gasteiger partial charge in [0, 0.05) is 11.1 Å². The molecule has 1 aromatic rings. The van der Waals surface area contributed by atoms with E-state index in [0.29, 0.717) is 5.69 Å². The molecule has 0 unspecified atom stereocenters. The van der Waals surface area contributed by atoms with E-state index in [2.05, 4.69) is 17.6 Å². The van der Waals surface area contributed by atoms with Gasteiger partial charge in [-0.3, -0.25) is 4.98 Å². The minimum atomic E-state index is -0.00590. The molecule has 1 N–H and O–H groups in total. The zero-order valence-electron chi connectivity index (χ0n) is 4.78. The Morgan fingerprint density at radius 1 is 1.56 bits per heavy atom. The number of hydrogen-bond donors (Lipinski definition) is 2. The lowest BCUT2D eigenvalue weighted by Crippen LogP contribution is -1.85. The molecule has 1 heterocycles. The number of pyridine rings is 1. The van der Waals surface area contributed by atoms with Gasteiger partial charge in [0.25, 0.3) is 0 Å². The summed E-state index contributed by atoms with van der Waals surface area (Å²) in [6.07, 6.45) is 1.61. The van der Waals surface area contributed by atoms with E-state index in [1.54, 1.807) is 18.3 Å². The molecule has 0 saturated carbocycles. The highest BCUT2D eigenvalue weighted by molar-refractivity contribution is 7.80. The average molecular weight is 141 g/mol. The monoisotopic (exact) mass is 141 g/mol. The summed E-state index contributed by atoms with van der Waals surface area (Å²) in [6, 6.07) is 3.53. The smallest absolute Gasteiger partial charge is 0.0852 e. The lowest BCUT2D eigenvalue weighted by Gasteiger charge is -1.92. The van der Waals surface area contributed by atoms with Crippen molar-refractivity contribution >= 4 is 12.6 Å². The van der Waals surface area contributed by atoms with Gasteiger partial charge in [-0.25, -0.2) is 0 Å². The molecule has 0 aliphatic carbocycles. The lowest BCUT2D eigenvalue weighted by molar-refractivity contribution is 0.276. The molecule has 0 aliphatic rings. The molecule has 0 radical (unpaired) electrons. The molecule has 2 nitrogen and oxygen atoms in total. The molecular formula is C6H7NOS. The van der Waals surface area contributed by atoms with Crippen molar-refractivity contribution < 1.29 is 5.11 Å². The van der Waals surface area contributed by atoms with Crippen molar-refractivity contribution in [2.45, 2.75) is 11.5 Å². The summed E-state index contributed by atoms with van der Waals surface area (Å²) in [4.78, 5) is 4.68. The number of hydrogen-bond acceptors (Lipinski definition) is 3. The second-order valence-electron chi connectivity index (χ2n) is 1.67. The lowest BCUT2D eigenvalue weighted by atomic mass is 10.4. The Bertz CT molecular complexity index is 185. The van der Waals surface area contributed by atoms with E-state index in [1.807, 2.05) is 0 Å². The van der Waals surface area contributed by atoms with Crippen LogP contribution in [0.2, 0.25) is 0 Å². The Balaban J connectivity index is 2.88. The van der Waals surface area contributed by atoms with Gasteiger partial charge in [-0.05, 0) is 12.1 Å². The van der Waals surface area contributed by atoms with Crippen molar-refractivity contribution in [3.63, 3.8) is 0 Å². The maximum absolute atomic E-state index is 8.54. The first-order chi connectivity index (χ1) is 4.33. The van der Waals surface area contributed by atoms with Gasteiger partial charge in [0.2, 0.25) is 0 Å². The minimum Gasteiger partial charge on any atom is -0.390 e. The van der Waals surface area contributed by atoms with E-state index in [9.17, 15) is 0 Å². The second-order valence-corrected chi connectivity index (χ2v) is 2.18. The molecule has 0 bridgehead atoms. The highest BCUT2D eigenvalue weighted by atomic mass is 32.1. The number of aliphatic hydroxyl groups is 1. The van der Waals surface area contributed by atoms with Crippen molar-refractivity contribution in [3.8, 4) is 0 Å². The maximum Gasteiger partial charge on any atom is 0.0852 e. The van der Waals surface area contributed by atoms with Crippen LogP contribution >= 0.6 is 12.6 Å². The Hall–Kier alpha value is -0.540. The highest BCUT2D eigenvalue weighted by Crippen LogP contribution is 2.02. The van der Waals surface area contributed by atoms with Crippen LogP contribution in [-0.4, -0.2) is 10.1 Å². The zero-order valence-corrected chi connectivity index (χ0v) is 5.68. The van der Waals surface area contributed by atoms with Crippen molar-refractivity contribution in [2.24, 2.45) is 0 Å². The molecular weight excluding hydrogens is 134 g/mol. The van der Waals surface area contributed by atoms with Crippen LogP contribution in [0.25, 0.3) is 0 Å².